The Hall–Kier alpha value is -2.43. The zero-order valence-corrected chi connectivity index (χ0v) is 13.0. The van der Waals surface area contributed by atoms with Crippen LogP contribution < -0.4 is 19.7 Å². The van der Waals surface area contributed by atoms with Crippen LogP contribution in [0.2, 0.25) is 0 Å². The Balaban J connectivity index is 1.72. The third-order valence-electron chi connectivity index (χ3n) is 4.48. The Kier molecular flexibility index (Phi) is 3.48. The predicted molar refractivity (Wildman–Crippen MR) is 87.7 cm³/mol. The number of ether oxygens (including phenoxy) is 2. The van der Waals surface area contributed by atoms with Crippen molar-refractivity contribution in [1.82, 2.24) is 0 Å². The van der Waals surface area contributed by atoms with E-state index in [0.717, 1.165) is 41.4 Å². The highest BCUT2D eigenvalue weighted by molar-refractivity contribution is 5.77. The quantitative estimate of drug-likeness (QED) is 0.935. The summed E-state index contributed by atoms with van der Waals surface area (Å²) in [5.41, 5.74) is 3.08. The number of hydrogen-bond donors (Lipinski definition) is 1. The molecule has 0 saturated carbocycles. The number of benzene rings is 2. The molecule has 1 atom stereocenters. The Morgan fingerprint density at radius 1 is 1.22 bits per heavy atom. The summed E-state index contributed by atoms with van der Waals surface area (Å²) in [6, 6.07) is 11.2. The highest BCUT2D eigenvalue weighted by Crippen LogP contribution is 2.44. The molecule has 0 amide bonds. The molecule has 0 fully saturated rings. The Morgan fingerprint density at radius 2 is 2.04 bits per heavy atom. The molecule has 1 unspecified atom stereocenters. The second-order valence-electron chi connectivity index (χ2n) is 5.92. The normalized spacial score (nSPS) is 18.5. The van der Waals surface area contributed by atoms with Gasteiger partial charge in [0.15, 0.2) is 11.5 Å². The molecule has 2 aliphatic rings. The fourth-order valence-corrected chi connectivity index (χ4v) is 3.26. The van der Waals surface area contributed by atoms with E-state index in [9.17, 15) is 4.39 Å². The molecule has 0 bridgehead atoms. The van der Waals surface area contributed by atoms with Crippen molar-refractivity contribution < 1.29 is 13.9 Å². The van der Waals surface area contributed by atoms with Crippen LogP contribution in [0.3, 0.4) is 0 Å². The minimum atomic E-state index is -0.198. The van der Waals surface area contributed by atoms with Gasteiger partial charge in [-0.15, -0.1) is 0 Å². The van der Waals surface area contributed by atoms with E-state index in [1.54, 1.807) is 12.1 Å². The van der Waals surface area contributed by atoms with Gasteiger partial charge in [0, 0.05) is 31.3 Å². The van der Waals surface area contributed by atoms with E-state index < -0.39 is 0 Å². The molecular weight excluding hydrogens is 295 g/mol. The molecule has 5 heteroatoms. The molecule has 2 aromatic rings. The molecule has 2 aliphatic heterocycles. The zero-order chi connectivity index (χ0) is 15.8. The molecule has 1 N–H and O–H groups in total. The average Bonchev–Trinajstić information content (AvgIpc) is 3.01. The molecule has 2 heterocycles. The van der Waals surface area contributed by atoms with Gasteiger partial charge in [0.1, 0.15) is 5.82 Å². The van der Waals surface area contributed by atoms with Gasteiger partial charge in [0.2, 0.25) is 6.79 Å². The zero-order valence-electron chi connectivity index (χ0n) is 13.0. The van der Waals surface area contributed by atoms with Gasteiger partial charge in [-0.3, -0.25) is 0 Å². The predicted octanol–water partition coefficient (Wildman–Crippen LogP) is 3.77. The van der Waals surface area contributed by atoms with Crippen molar-refractivity contribution in [3.63, 3.8) is 0 Å². The third-order valence-corrected chi connectivity index (χ3v) is 4.48. The molecule has 0 spiro atoms. The Bertz CT molecular complexity index is 735. The summed E-state index contributed by atoms with van der Waals surface area (Å²) in [4.78, 5) is 2.32. The molecule has 0 radical (unpaired) electrons. The lowest BCUT2D eigenvalue weighted by molar-refractivity contribution is 0.174. The van der Waals surface area contributed by atoms with E-state index in [4.69, 9.17) is 9.47 Å². The summed E-state index contributed by atoms with van der Waals surface area (Å²) in [6.07, 6.45) is 1.01. The van der Waals surface area contributed by atoms with Crippen LogP contribution in [0.5, 0.6) is 11.5 Å². The van der Waals surface area contributed by atoms with Crippen LogP contribution in [0.25, 0.3) is 0 Å². The van der Waals surface area contributed by atoms with Gasteiger partial charge in [-0.25, -0.2) is 4.39 Å². The number of anilines is 2. The van der Waals surface area contributed by atoms with E-state index in [0.29, 0.717) is 12.6 Å². The van der Waals surface area contributed by atoms with Crippen molar-refractivity contribution in [2.45, 2.75) is 25.9 Å². The number of fused-ring (bicyclic) bond motifs is 2. The minimum Gasteiger partial charge on any atom is -0.454 e. The summed E-state index contributed by atoms with van der Waals surface area (Å²) < 4.78 is 24.5. The smallest absolute Gasteiger partial charge is 0.231 e. The summed E-state index contributed by atoms with van der Waals surface area (Å²) in [5, 5.41) is 3.47. The summed E-state index contributed by atoms with van der Waals surface area (Å²) in [7, 11) is 0. The van der Waals surface area contributed by atoms with Crippen molar-refractivity contribution in [1.29, 1.82) is 0 Å². The number of rotatable bonds is 3. The monoisotopic (exact) mass is 314 g/mol. The van der Waals surface area contributed by atoms with Gasteiger partial charge < -0.3 is 19.7 Å². The van der Waals surface area contributed by atoms with E-state index in [2.05, 4.69) is 17.1 Å². The molecule has 0 saturated heterocycles. The Morgan fingerprint density at radius 3 is 2.83 bits per heavy atom. The van der Waals surface area contributed by atoms with Crippen molar-refractivity contribution >= 4 is 11.4 Å². The third kappa shape index (κ3) is 2.56. The average molecular weight is 314 g/mol. The van der Waals surface area contributed by atoms with Crippen molar-refractivity contribution in [3.05, 3.63) is 47.8 Å². The molecule has 2 aromatic carbocycles. The molecule has 0 aromatic heterocycles. The fourth-order valence-electron chi connectivity index (χ4n) is 3.26. The largest absolute Gasteiger partial charge is 0.454 e. The lowest BCUT2D eigenvalue weighted by atomic mass is 10.0. The fraction of sp³-hybridized carbons (Fsp3) is 0.333. The van der Waals surface area contributed by atoms with E-state index >= 15 is 0 Å². The van der Waals surface area contributed by atoms with Gasteiger partial charge in [0.25, 0.3) is 0 Å². The molecule has 120 valence electrons. The van der Waals surface area contributed by atoms with Crippen LogP contribution in [0.15, 0.2) is 36.4 Å². The minimum absolute atomic E-state index is 0.198. The van der Waals surface area contributed by atoms with Crippen LogP contribution in [-0.2, 0) is 6.54 Å². The molecule has 0 aliphatic carbocycles. The molecular formula is C18H19FN2O2. The highest BCUT2D eigenvalue weighted by atomic mass is 19.1. The summed E-state index contributed by atoms with van der Waals surface area (Å²) in [5.74, 6) is 1.35. The summed E-state index contributed by atoms with van der Waals surface area (Å²) in [6.45, 7) is 3.96. The number of nitrogens with zero attached hydrogens (tertiary/aromatic N) is 1. The second-order valence-corrected chi connectivity index (χ2v) is 5.92. The standard InChI is InChI=1S/C18H19FN2O2/c1-2-14-9-20-15-7-17-18(23-11-22-17)8-16(15)21(14)10-12-4-3-5-13(19)6-12/h3-8,14,20H,2,9-11H2,1H3. The molecule has 4 nitrogen and oxygen atoms in total. The van der Waals surface area contributed by atoms with Gasteiger partial charge >= 0.3 is 0 Å². The van der Waals surface area contributed by atoms with Crippen LogP contribution in [0.4, 0.5) is 15.8 Å². The van der Waals surface area contributed by atoms with E-state index in [1.165, 1.54) is 6.07 Å². The number of nitrogens with one attached hydrogen (secondary N) is 1. The van der Waals surface area contributed by atoms with Crippen molar-refractivity contribution in [2.24, 2.45) is 0 Å². The Labute approximate surface area is 134 Å². The van der Waals surface area contributed by atoms with Gasteiger partial charge in [-0.2, -0.15) is 0 Å². The number of hydrogen-bond acceptors (Lipinski definition) is 4. The topological polar surface area (TPSA) is 33.7 Å². The van der Waals surface area contributed by atoms with Crippen molar-refractivity contribution in [3.8, 4) is 11.5 Å². The van der Waals surface area contributed by atoms with Gasteiger partial charge in [-0.1, -0.05) is 19.1 Å². The highest BCUT2D eigenvalue weighted by Gasteiger charge is 2.28. The van der Waals surface area contributed by atoms with Gasteiger partial charge in [-0.05, 0) is 24.1 Å². The van der Waals surface area contributed by atoms with Crippen LogP contribution in [0.1, 0.15) is 18.9 Å². The maximum Gasteiger partial charge on any atom is 0.231 e. The maximum atomic E-state index is 13.5. The molecule has 23 heavy (non-hydrogen) atoms. The van der Waals surface area contributed by atoms with E-state index in [1.807, 2.05) is 18.2 Å². The lowest BCUT2D eigenvalue weighted by Gasteiger charge is -2.39. The summed E-state index contributed by atoms with van der Waals surface area (Å²) >= 11 is 0. The SMILES string of the molecule is CCC1CNc2cc3c(cc2N1Cc1cccc(F)c1)OCO3. The van der Waals surface area contributed by atoms with Gasteiger partial charge in [0.05, 0.1) is 11.4 Å². The maximum absolute atomic E-state index is 13.5. The lowest BCUT2D eigenvalue weighted by Crippen LogP contribution is -2.43. The first-order valence-corrected chi connectivity index (χ1v) is 7.93. The van der Waals surface area contributed by atoms with Crippen LogP contribution in [0, 0.1) is 5.82 Å². The number of halogens is 1. The first-order valence-electron chi connectivity index (χ1n) is 7.93. The molecule has 4 rings (SSSR count). The van der Waals surface area contributed by atoms with E-state index in [-0.39, 0.29) is 12.6 Å². The van der Waals surface area contributed by atoms with Crippen LogP contribution >= 0.6 is 0 Å². The first-order chi connectivity index (χ1) is 11.2. The van der Waals surface area contributed by atoms with Crippen molar-refractivity contribution in [2.75, 3.05) is 23.6 Å². The van der Waals surface area contributed by atoms with Crippen LogP contribution in [-0.4, -0.2) is 19.4 Å². The second kappa shape index (κ2) is 5.65. The first kappa shape index (κ1) is 14.2.